The normalized spacial score (nSPS) is 14.1. The van der Waals surface area contributed by atoms with Crippen LogP contribution in [-0.2, 0) is 13.0 Å². The van der Waals surface area contributed by atoms with Gasteiger partial charge in [-0.25, -0.2) is 18.7 Å². The average molecular weight is 495 g/mol. The molecule has 1 fully saturated rings. The van der Waals surface area contributed by atoms with Crippen LogP contribution in [0.3, 0.4) is 0 Å². The minimum Gasteiger partial charge on any atom is -0.337 e. The summed E-state index contributed by atoms with van der Waals surface area (Å²) in [5, 5.41) is 10.6. The van der Waals surface area contributed by atoms with Crippen LogP contribution in [0.1, 0.15) is 41.9 Å². The molecule has 1 aromatic carbocycles. The molecule has 0 saturated carbocycles. The first-order valence-electron chi connectivity index (χ1n) is 12.1. The molecule has 0 spiro atoms. The van der Waals surface area contributed by atoms with Crippen molar-refractivity contribution in [1.29, 1.82) is 0 Å². The summed E-state index contributed by atoms with van der Waals surface area (Å²) >= 11 is 0. The number of aromatic nitrogens is 5. The Morgan fingerprint density at radius 3 is 2.72 bits per heavy atom. The molecule has 0 bridgehead atoms. The van der Waals surface area contributed by atoms with Crippen molar-refractivity contribution >= 4 is 23.1 Å². The number of hydrogen-bond donors (Lipinski definition) is 2. The first-order chi connectivity index (χ1) is 17.5. The number of aryl methyl sites for hydroxylation is 2. The maximum atomic E-state index is 13.7. The summed E-state index contributed by atoms with van der Waals surface area (Å²) in [5.41, 5.74) is 3.47. The number of halogens is 2. The first kappa shape index (κ1) is 23.9. The highest BCUT2D eigenvalue weighted by Crippen LogP contribution is 2.32. The van der Waals surface area contributed by atoms with E-state index in [0.29, 0.717) is 54.3 Å². The summed E-state index contributed by atoms with van der Waals surface area (Å²) in [5.74, 6) is 0.522. The molecular weight excluding hydrogens is 466 g/mol. The van der Waals surface area contributed by atoms with Crippen molar-refractivity contribution in [2.24, 2.45) is 0 Å². The Balaban J connectivity index is 1.46. The fourth-order valence-corrected chi connectivity index (χ4v) is 4.51. The molecule has 9 nitrogen and oxygen atoms in total. The molecular formula is C25H28F2N8O. The highest BCUT2D eigenvalue weighted by atomic mass is 19.3. The zero-order valence-electron chi connectivity index (χ0n) is 20.2. The topological polar surface area (TPSA) is 92.4 Å². The molecule has 4 heterocycles. The third-order valence-electron chi connectivity index (χ3n) is 6.41. The predicted molar refractivity (Wildman–Crippen MR) is 133 cm³/mol. The lowest BCUT2D eigenvalue weighted by atomic mass is 10.0. The number of nitrogens with one attached hydrogen (secondary N) is 2. The van der Waals surface area contributed by atoms with E-state index in [4.69, 9.17) is 0 Å². The lowest BCUT2D eigenvalue weighted by molar-refractivity contribution is 0.0734. The lowest BCUT2D eigenvalue weighted by Crippen LogP contribution is -2.46. The maximum absolute atomic E-state index is 13.7. The molecule has 3 aromatic heterocycles. The van der Waals surface area contributed by atoms with E-state index in [1.165, 1.54) is 4.68 Å². The fourth-order valence-electron chi connectivity index (χ4n) is 4.51. The second kappa shape index (κ2) is 10.0. The molecule has 5 rings (SSSR count). The van der Waals surface area contributed by atoms with E-state index in [1.54, 1.807) is 29.2 Å². The molecule has 36 heavy (non-hydrogen) atoms. The Hall–Kier alpha value is -3.86. The van der Waals surface area contributed by atoms with Gasteiger partial charge >= 0.3 is 0 Å². The summed E-state index contributed by atoms with van der Waals surface area (Å²) < 4.78 is 30.5. The number of piperazine rings is 1. The van der Waals surface area contributed by atoms with Crippen molar-refractivity contribution in [1.82, 2.24) is 34.4 Å². The van der Waals surface area contributed by atoms with E-state index in [9.17, 15) is 13.6 Å². The van der Waals surface area contributed by atoms with Gasteiger partial charge in [-0.1, -0.05) is 6.92 Å². The standard InChI is InChI=1S/C25H28F2N8O/c1-3-16-13-17(5-6-18(16)25(36)33-10-7-28-8-11-33)31-23-24-30-14-20(35(24)12-9-29-23)19-15-34(4-2)32-21(19)22(26)27/h5-6,9,12-15,22,28H,3-4,7-8,10-11H2,1-2H3,(H,29,31). The van der Waals surface area contributed by atoms with Crippen molar-refractivity contribution in [3.05, 3.63) is 59.8 Å². The number of carbonyl (C=O) groups excluding carboxylic acids is 1. The summed E-state index contributed by atoms with van der Waals surface area (Å²) in [6.45, 7) is 7.34. The van der Waals surface area contributed by atoms with Crippen LogP contribution in [0, 0.1) is 0 Å². The molecule has 1 aliphatic rings. The Labute approximate surface area is 207 Å². The van der Waals surface area contributed by atoms with Gasteiger partial charge in [0.1, 0.15) is 5.69 Å². The van der Waals surface area contributed by atoms with Crippen molar-refractivity contribution in [2.45, 2.75) is 33.2 Å². The van der Waals surface area contributed by atoms with Gasteiger partial charge in [0.25, 0.3) is 12.3 Å². The maximum Gasteiger partial charge on any atom is 0.282 e. The molecule has 4 aromatic rings. The van der Waals surface area contributed by atoms with Crippen molar-refractivity contribution in [3.8, 4) is 11.3 Å². The van der Waals surface area contributed by atoms with Crippen LogP contribution >= 0.6 is 0 Å². The van der Waals surface area contributed by atoms with Crippen molar-refractivity contribution < 1.29 is 13.6 Å². The van der Waals surface area contributed by atoms with Gasteiger partial charge in [-0.15, -0.1) is 0 Å². The molecule has 2 N–H and O–H groups in total. The van der Waals surface area contributed by atoms with E-state index < -0.39 is 6.43 Å². The Kier molecular flexibility index (Phi) is 6.64. The zero-order chi connectivity index (χ0) is 25.2. The third kappa shape index (κ3) is 4.41. The van der Waals surface area contributed by atoms with Crippen LogP contribution in [-0.4, -0.2) is 61.1 Å². The van der Waals surface area contributed by atoms with Crippen LogP contribution in [0.25, 0.3) is 16.9 Å². The van der Waals surface area contributed by atoms with E-state index >= 15 is 0 Å². The van der Waals surface area contributed by atoms with Crippen LogP contribution < -0.4 is 10.6 Å². The van der Waals surface area contributed by atoms with Crippen molar-refractivity contribution in [3.63, 3.8) is 0 Å². The SMILES string of the molecule is CCc1cc(Nc2nccn3c(-c4cn(CC)nc4C(F)F)cnc23)ccc1C(=O)N1CCNCC1. The Morgan fingerprint density at radius 1 is 1.19 bits per heavy atom. The molecule has 1 aliphatic heterocycles. The molecule has 1 saturated heterocycles. The van der Waals surface area contributed by atoms with Gasteiger partial charge in [-0.2, -0.15) is 5.10 Å². The fraction of sp³-hybridized carbons (Fsp3) is 0.360. The van der Waals surface area contributed by atoms with E-state index in [2.05, 4.69) is 25.7 Å². The first-order valence-corrected chi connectivity index (χ1v) is 12.1. The zero-order valence-corrected chi connectivity index (χ0v) is 20.2. The largest absolute Gasteiger partial charge is 0.337 e. The molecule has 0 atom stereocenters. The Morgan fingerprint density at radius 2 is 2.00 bits per heavy atom. The highest BCUT2D eigenvalue weighted by Gasteiger charge is 2.23. The molecule has 0 unspecified atom stereocenters. The van der Waals surface area contributed by atoms with E-state index in [0.717, 1.165) is 24.3 Å². The summed E-state index contributed by atoms with van der Waals surface area (Å²) in [7, 11) is 0. The number of imidazole rings is 1. The predicted octanol–water partition coefficient (Wildman–Crippen LogP) is 3.90. The molecule has 1 amide bonds. The molecule has 11 heteroatoms. The number of benzene rings is 1. The van der Waals surface area contributed by atoms with Gasteiger partial charge in [-0.3, -0.25) is 13.9 Å². The number of fused-ring (bicyclic) bond motifs is 1. The Bertz CT molecular complexity index is 1390. The number of amides is 1. The summed E-state index contributed by atoms with van der Waals surface area (Å²) in [6.07, 6.45) is 4.45. The van der Waals surface area contributed by atoms with Crippen molar-refractivity contribution in [2.75, 3.05) is 31.5 Å². The molecule has 0 aliphatic carbocycles. The van der Waals surface area contributed by atoms with Crippen LogP contribution in [0.5, 0.6) is 0 Å². The number of carbonyl (C=O) groups is 1. The minimum atomic E-state index is -2.70. The van der Waals surface area contributed by atoms with Crippen LogP contribution in [0.2, 0.25) is 0 Å². The summed E-state index contributed by atoms with van der Waals surface area (Å²) in [4.78, 5) is 23.8. The number of anilines is 2. The van der Waals surface area contributed by atoms with Crippen LogP contribution in [0.15, 0.2) is 43.0 Å². The second-order valence-electron chi connectivity index (χ2n) is 8.59. The van der Waals surface area contributed by atoms with Gasteiger partial charge in [0.2, 0.25) is 0 Å². The second-order valence-corrected chi connectivity index (χ2v) is 8.59. The average Bonchev–Trinajstić information content (AvgIpc) is 3.53. The van der Waals surface area contributed by atoms with Gasteiger partial charge < -0.3 is 15.5 Å². The number of rotatable bonds is 7. The van der Waals surface area contributed by atoms with Gasteiger partial charge in [0.15, 0.2) is 11.5 Å². The highest BCUT2D eigenvalue weighted by molar-refractivity contribution is 5.96. The minimum absolute atomic E-state index is 0.0421. The van der Waals surface area contributed by atoms with Gasteiger partial charge in [0, 0.05) is 68.1 Å². The van der Waals surface area contributed by atoms with E-state index in [-0.39, 0.29) is 11.6 Å². The number of alkyl halides is 2. The number of hydrogen-bond acceptors (Lipinski definition) is 6. The quantitative estimate of drug-likeness (QED) is 0.405. The van der Waals surface area contributed by atoms with Gasteiger partial charge in [-0.05, 0) is 37.1 Å². The van der Waals surface area contributed by atoms with Crippen LogP contribution in [0.4, 0.5) is 20.3 Å². The third-order valence-corrected chi connectivity index (χ3v) is 6.41. The molecule has 0 radical (unpaired) electrons. The smallest absolute Gasteiger partial charge is 0.282 e. The van der Waals surface area contributed by atoms with E-state index in [1.807, 2.05) is 36.9 Å². The number of nitrogens with zero attached hydrogens (tertiary/aromatic N) is 6. The molecule has 188 valence electrons. The lowest BCUT2D eigenvalue weighted by Gasteiger charge is -2.28. The monoisotopic (exact) mass is 494 g/mol. The van der Waals surface area contributed by atoms with Gasteiger partial charge in [0.05, 0.1) is 11.9 Å². The summed E-state index contributed by atoms with van der Waals surface area (Å²) in [6, 6.07) is 5.64.